The summed E-state index contributed by atoms with van der Waals surface area (Å²) in [5.74, 6) is 0. The summed E-state index contributed by atoms with van der Waals surface area (Å²) in [7, 11) is 0. The third kappa shape index (κ3) is 1.35. The number of hydrogen-bond donors (Lipinski definition) is 1. The van der Waals surface area contributed by atoms with E-state index < -0.39 is 0 Å². The molecule has 0 bridgehead atoms. The Labute approximate surface area is 106 Å². The van der Waals surface area contributed by atoms with Crippen molar-refractivity contribution in [1.82, 2.24) is 20.2 Å². The van der Waals surface area contributed by atoms with E-state index >= 15 is 0 Å². The van der Waals surface area contributed by atoms with Crippen LogP contribution in [0.3, 0.4) is 0 Å². The van der Waals surface area contributed by atoms with Crippen molar-refractivity contribution in [3.63, 3.8) is 0 Å². The average molecular weight is 248 g/mol. The number of aromatic nitrogens is 4. The van der Waals surface area contributed by atoms with Gasteiger partial charge in [-0.1, -0.05) is 18.2 Å². The molecule has 90 valence electrons. The highest BCUT2D eigenvalue weighted by atomic mass is 16.1. The van der Waals surface area contributed by atoms with Crippen molar-refractivity contribution >= 4 is 32.4 Å². The standard InChI is InChI=1S/C14H8N4O/c19-14-11-4-3-10-9(12(11)6-17-18-14)2-1-8-5-15-7-16-13(8)10/h1-7H,(H,18,19). The van der Waals surface area contributed by atoms with Crippen molar-refractivity contribution in [2.24, 2.45) is 0 Å². The van der Waals surface area contributed by atoms with Crippen molar-refractivity contribution in [3.05, 3.63) is 53.3 Å². The molecule has 2 aromatic heterocycles. The monoisotopic (exact) mass is 248 g/mol. The van der Waals surface area contributed by atoms with Crippen molar-refractivity contribution in [1.29, 1.82) is 0 Å². The van der Waals surface area contributed by atoms with Crippen LogP contribution in [0.15, 0.2) is 47.8 Å². The molecule has 5 nitrogen and oxygen atoms in total. The molecule has 0 saturated carbocycles. The van der Waals surface area contributed by atoms with Crippen molar-refractivity contribution in [2.75, 3.05) is 0 Å². The molecule has 0 saturated heterocycles. The lowest BCUT2D eigenvalue weighted by molar-refractivity contribution is 1.01. The Kier molecular flexibility index (Phi) is 1.91. The zero-order valence-electron chi connectivity index (χ0n) is 9.79. The van der Waals surface area contributed by atoms with E-state index in [0.717, 1.165) is 27.1 Å². The fraction of sp³-hybridized carbons (Fsp3) is 0. The van der Waals surface area contributed by atoms with Gasteiger partial charge in [0, 0.05) is 22.4 Å². The summed E-state index contributed by atoms with van der Waals surface area (Å²) < 4.78 is 0. The third-order valence-electron chi connectivity index (χ3n) is 3.32. The molecule has 0 atom stereocenters. The number of nitrogens with one attached hydrogen (secondary N) is 1. The van der Waals surface area contributed by atoms with Gasteiger partial charge in [0.1, 0.15) is 6.33 Å². The molecule has 0 aliphatic carbocycles. The van der Waals surface area contributed by atoms with Crippen molar-refractivity contribution < 1.29 is 0 Å². The minimum Gasteiger partial charge on any atom is -0.267 e. The maximum Gasteiger partial charge on any atom is 0.272 e. The summed E-state index contributed by atoms with van der Waals surface area (Å²) >= 11 is 0. The van der Waals surface area contributed by atoms with E-state index in [0.29, 0.717) is 5.39 Å². The molecule has 4 aromatic rings. The second kappa shape index (κ2) is 3.58. The zero-order valence-corrected chi connectivity index (χ0v) is 9.79. The first-order valence-electron chi connectivity index (χ1n) is 5.83. The quantitative estimate of drug-likeness (QED) is 0.483. The molecule has 0 spiro atoms. The number of nitrogens with zero attached hydrogens (tertiary/aromatic N) is 3. The van der Waals surface area contributed by atoms with Gasteiger partial charge >= 0.3 is 0 Å². The number of H-pyrrole nitrogens is 1. The van der Waals surface area contributed by atoms with Gasteiger partial charge in [0.15, 0.2) is 0 Å². The van der Waals surface area contributed by atoms with Crippen LogP contribution in [-0.4, -0.2) is 20.2 Å². The Hall–Kier alpha value is -2.82. The van der Waals surface area contributed by atoms with Gasteiger partial charge in [-0.25, -0.2) is 15.1 Å². The van der Waals surface area contributed by atoms with E-state index in [9.17, 15) is 4.79 Å². The number of aromatic amines is 1. The Balaban J connectivity index is 2.33. The summed E-state index contributed by atoms with van der Waals surface area (Å²) in [6, 6.07) is 7.66. The van der Waals surface area contributed by atoms with Gasteiger partial charge in [0.05, 0.1) is 17.1 Å². The fourth-order valence-corrected chi connectivity index (χ4v) is 2.44. The number of hydrogen-bond acceptors (Lipinski definition) is 4. The first-order valence-corrected chi connectivity index (χ1v) is 5.83. The summed E-state index contributed by atoms with van der Waals surface area (Å²) in [4.78, 5) is 20.1. The largest absolute Gasteiger partial charge is 0.272 e. The lowest BCUT2D eigenvalue weighted by Crippen LogP contribution is -2.07. The van der Waals surface area contributed by atoms with Gasteiger partial charge in [-0.3, -0.25) is 4.79 Å². The highest BCUT2D eigenvalue weighted by Crippen LogP contribution is 2.27. The van der Waals surface area contributed by atoms with Gasteiger partial charge in [0.25, 0.3) is 5.56 Å². The van der Waals surface area contributed by atoms with Gasteiger partial charge < -0.3 is 0 Å². The van der Waals surface area contributed by atoms with Crippen LogP contribution in [-0.2, 0) is 0 Å². The molecule has 0 fully saturated rings. The van der Waals surface area contributed by atoms with E-state index in [2.05, 4.69) is 20.2 Å². The van der Waals surface area contributed by atoms with E-state index in [1.54, 1.807) is 18.5 Å². The normalized spacial score (nSPS) is 11.4. The summed E-state index contributed by atoms with van der Waals surface area (Å²) in [5.41, 5.74) is 0.705. The molecule has 1 N–H and O–H groups in total. The van der Waals surface area contributed by atoms with Crippen LogP contribution in [0.25, 0.3) is 32.4 Å². The van der Waals surface area contributed by atoms with Crippen LogP contribution >= 0.6 is 0 Å². The molecule has 19 heavy (non-hydrogen) atoms. The van der Waals surface area contributed by atoms with E-state index in [4.69, 9.17) is 0 Å². The fourth-order valence-electron chi connectivity index (χ4n) is 2.44. The van der Waals surface area contributed by atoms with Crippen LogP contribution < -0.4 is 5.56 Å². The lowest BCUT2D eigenvalue weighted by Gasteiger charge is -2.05. The molecular formula is C14H8N4O. The second-order valence-corrected chi connectivity index (χ2v) is 4.35. The molecule has 5 heteroatoms. The first kappa shape index (κ1) is 10.1. The summed E-state index contributed by atoms with van der Waals surface area (Å²) in [6.45, 7) is 0. The zero-order chi connectivity index (χ0) is 12.8. The van der Waals surface area contributed by atoms with Crippen LogP contribution in [0.5, 0.6) is 0 Å². The van der Waals surface area contributed by atoms with Crippen LogP contribution in [0.2, 0.25) is 0 Å². The molecule has 0 aliphatic heterocycles. The molecule has 2 aromatic carbocycles. The molecular weight excluding hydrogens is 240 g/mol. The molecule has 0 amide bonds. The van der Waals surface area contributed by atoms with Crippen LogP contribution in [0.4, 0.5) is 0 Å². The van der Waals surface area contributed by atoms with Crippen LogP contribution in [0.1, 0.15) is 0 Å². The predicted octanol–water partition coefficient (Wildman–Crippen LogP) is 2.02. The minimum absolute atomic E-state index is 0.179. The Morgan fingerprint density at radius 1 is 0.895 bits per heavy atom. The predicted molar refractivity (Wildman–Crippen MR) is 73.0 cm³/mol. The Morgan fingerprint density at radius 2 is 1.74 bits per heavy atom. The Morgan fingerprint density at radius 3 is 2.68 bits per heavy atom. The molecule has 0 radical (unpaired) electrons. The van der Waals surface area contributed by atoms with Gasteiger partial charge in [-0.2, -0.15) is 5.10 Å². The number of rotatable bonds is 0. The average Bonchev–Trinajstić information content (AvgIpc) is 2.47. The third-order valence-corrected chi connectivity index (χ3v) is 3.32. The van der Waals surface area contributed by atoms with Crippen molar-refractivity contribution in [2.45, 2.75) is 0 Å². The molecule has 2 heterocycles. The van der Waals surface area contributed by atoms with E-state index in [1.165, 1.54) is 6.33 Å². The molecule has 0 unspecified atom stereocenters. The highest BCUT2D eigenvalue weighted by Gasteiger charge is 2.07. The number of benzene rings is 2. The summed E-state index contributed by atoms with van der Waals surface area (Å²) in [6.07, 6.45) is 4.98. The molecule has 4 rings (SSSR count). The molecule has 0 aliphatic rings. The van der Waals surface area contributed by atoms with Gasteiger partial charge in [-0.15, -0.1) is 0 Å². The smallest absolute Gasteiger partial charge is 0.267 e. The maximum atomic E-state index is 11.7. The van der Waals surface area contributed by atoms with Crippen LogP contribution in [0, 0.1) is 0 Å². The van der Waals surface area contributed by atoms with Gasteiger partial charge in [0.2, 0.25) is 0 Å². The minimum atomic E-state index is -0.179. The second-order valence-electron chi connectivity index (χ2n) is 4.35. The highest BCUT2D eigenvalue weighted by molar-refractivity contribution is 6.15. The topological polar surface area (TPSA) is 71.5 Å². The maximum absolute atomic E-state index is 11.7. The van der Waals surface area contributed by atoms with E-state index in [-0.39, 0.29) is 5.56 Å². The van der Waals surface area contributed by atoms with Crippen molar-refractivity contribution in [3.8, 4) is 0 Å². The van der Waals surface area contributed by atoms with Gasteiger partial charge in [-0.05, 0) is 11.5 Å². The number of fused-ring (bicyclic) bond motifs is 5. The Bertz CT molecular complexity index is 991. The SMILES string of the molecule is O=c1[nH]ncc2c1ccc1c2ccc2cncnc21. The first-order chi connectivity index (χ1) is 9.34. The summed E-state index contributed by atoms with van der Waals surface area (Å²) in [5, 5.41) is 10.7. The van der Waals surface area contributed by atoms with E-state index in [1.807, 2.05) is 18.2 Å². The lowest BCUT2D eigenvalue weighted by atomic mass is 10.0.